The molecule has 3 aromatic rings. The molecule has 1 atom stereocenters. The highest BCUT2D eigenvalue weighted by atomic mass is 32.1. The van der Waals surface area contributed by atoms with Crippen molar-refractivity contribution in [3.63, 3.8) is 0 Å². The van der Waals surface area contributed by atoms with E-state index in [9.17, 15) is 14.0 Å². The summed E-state index contributed by atoms with van der Waals surface area (Å²) in [6.45, 7) is 0. The number of hydrogen-bond donors (Lipinski definition) is 0. The molecule has 0 bridgehead atoms. The summed E-state index contributed by atoms with van der Waals surface area (Å²) in [5.74, 6) is 0.784. The fourth-order valence-electron chi connectivity index (χ4n) is 3.85. The highest BCUT2D eigenvalue weighted by Crippen LogP contribution is 2.48. The molecular weight excluding hydrogens is 423 g/mol. The number of fused-ring (bicyclic) bond motifs is 1. The zero-order chi connectivity index (χ0) is 22.3. The summed E-state index contributed by atoms with van der Waals surface area (Å²) in [5, 5.41) is 0. The van der Waals surface area contributed by atoms with Gasteiger partial charge in [0.2, 0.25) is 11.7 Å². The van der Waals surface area contributed by atoms with Crippen LogP contribution in [0.4, 0.5) is 15.9 Å². The van der Waals surface area contributed by atoms with Gasteiger partial charge in [-0.1, -0.05) is 23.5 Å². The molecule has 31 heavy (non-hydrogen) atoms. The first-order chi connectivity index (χ1) is 14.9. The zero-order valence-corrected chi connectivity index (χ0v) is 18.3. The lowest BCUT2D eigenvalue weighted by molar-refractivity contribution is -0.118. The number of hydrogen-bond acceptors (Lipinski definition) is 6. The van der Waals surface area contributed by atoms with Gasteiger partial charge in [0.15, 0.2) is 11.5 Å². The number of rotatable bonds is 5. The summed E-state index contributed by atoms with van der Waals surface area (Å²) < 4.78 is 31.1. The zero-order valence-electron chi connectivity index (χ0n) is 17.5. The third-order valence-electron chi connectivity index (χ3n) is 5.35. The number of carbonyl (C=O) groups excluding carboxylic acids is 1. The Morgan fingerprint density at radius 2 is 1.61 bits per heavy atom. The number of halogens is 1. The summed E-state index contributed by atoms with van der Waals surface area (Å²) in [6, 6.07) is 9.35. The fourth-order valence-corrected chi connectivity index (χ4v) is 4.94. The Morgan fingerprint density at radius 3 is 2.16 bits per heavy atom. The second-order valence-electron chi connectivity index (χ2n) is 7.04. The molecule has 2 heterocycles. The van der Waals surface area contributed by atoms with Crippen molar-refractivity contribution in [1.29, 1.82) is 0 Å². The van der Waals surface area contributed by atoms with Crippen molar-refractivity contribution >= 4 is 28.7 Å². The molecule has 1 aromatic heterocycles. The molecule has 1 unspecified atom stereocenters. The molecule has 1 amide bonds. The highest BCUT2D eigenvalue weighted by Gasteiger charge is 2.38. The number of ether oxygens (including phenoxy) is 3. The second-order valence-corrected chi connectivity index (χ2v) is 8.03. The van der Waals surface area contributed by atoms with E-state index in [2.05, 4.69) is 0 Å². The lowest BCUT2D eigenvalue weighted by Crippen LogP contribution is -2.34. The first-order valence-corrected chi connectivity index (χ1v) is 10.3. The molecule has 2 aromatic carbocycles. The molecule has 0 aliphatic carbocycles. The molecule has 1 aliphatic heterocycles. The maximum atomic E-state index is 13.4. The number of nitrogens with zero attached hydrogens (tertiary/aromatic N) is 2. The van der Waals surface area contributed by atoms with Crippen LogP contribution >= 0.6 is 11.3 Å². The minimum Gasteiger partial charge on any atom is -0.493 e. The van der Waals surface area contributed by atoms with E-state index in [1.807, 2.05) is 0 Å². The van der Waals surface area contributed by atoms with E-state index in [0.29, 0.717) is 28.8 Å². The minimum atomic E-state index is -0.355. The number of anilines is 2. The van der Waals surface area contributed by atoms with Crippen LogP contribution < -0.4 is 24.0 Å². The first kappa shape index (κ1) is 20.9. The Hall–Kier alpha value is -3.33. The Kier molecular flexibility index (Phi) is 5.45. The summed E-state index contributed by atoms with van der Waals surface area (Å²) in [6.07, 6.45) is 0.134. The van der Waals surface area contributed by atoms with Crippen LogP contribution in [0.3, 0.4) is 0 Å². The monoisotopic (exact) mass is 444 g/mol. The van der Waals surface area contributed by atoms with Crippen LogP contribution in [0.1, 0.15) is 22.8 Å². The van der Waals surface area contributed by atoms with Gasteiger partial charge >= 0.3 is 4.87 Å². The van der Waals surface area contributed by atoms with Crippen LogP contribution in [0.15, 0.2) is 41.2 Å². The molecule has 7 nitrogen and oxygen atoms in total. The smallest absolute Gasteiger partial charge is 0.308 e. The maximum Gasteiger partial charge on any atom is 0.308 e. The molecule has 0 saturated carbocycles. The van der Waals surface area contributed by atoms with Crippen molar-refractivity contribution in [3.8, 4) is 17.2 Å². The molecule has 0 fully saturated rings. The molecule has 4 rings (SSSR count). The number of amides is 1. The normalized spacial score (nSPS) is 15.6. The number of benzene rings is 2. The molecular formula is C22H21FN2O5S. The summed E-state index contributed by atoms with van der Waals surface area (Å²) in [7, 11) is 6.12. The Bertz CT molecular complexity index is 1180. The molecule has 0 saturated heterocycles. The van der Waals surface area contributed by atoms with Crippen LogP contribution in [0.25, 0.3) is 0 Å². The molecule has 1 aliphatic rings. The number of thiazole rings is 1. The van der Waals surface area contributed by atoms with E-state index in [1.165, 1.54) is 42.9 Å². The van der Waals surface area contributed by atoms with Crippen molar-refractivity contribution in [3.05, 3.63) is 62.3 Å². The van der Waals surface area contributed by atoms with Crippen molar-refractivity contribution < 1.29 is 23.4 Å². The maximum absolute atomic E-state index is 13.4. The quantitative estimate of drug-likeness (QED) is 0.599. The van der Waals surface area contributed by atoms with Crippen molar-refractivity contribution in [2.24, 2.45) is 7.05 Å². The number of carbonyl (C=O) groups is 1. The van der Waals surface area contributed by atoms with Gasteiger partial charge in [-0.2, -0.15) is 0 Å². The van der Waals surface area contributed by atoms with Crippen molar-refractivity contribution in [2.75, 3.05) is 26.2 Å². The van der Waals surface area contributed by atoms with Gasteiger partial charge in [0.05, 0.1) is 31.9 Å². The highest BCUT2D eigenvalue weighted by molar-refractivity contribution is 7.10. The van der Waals surface area contributed by atoms with Gasteiger partial charge in [-0.15, -0.1) is 0 Å². The van der Waals surface area contributed by atoms with Crippen LogP contribution in [0.5, 0.6) is 17.2 Å². The van der Waals surface area contributed by atoms with E-state index in [-0.39, 0.29) is 28.9 Å². The van der Waals surface area contributed by atoms with Crippen molar-refractivity contribution in [1.82, 2.24) is 4.57 Å². The van der Waals surface area contributed by atoms with Gasteiger partial charge in [0.25, 0.3) is 0 Å². The second kappa shape index (κ2) is 8.07. The first-order valence-electron chi connectivity index (χ1n) is 9.47. The lowest BCUT2D eigenvalue weighted by atomic mass is 9.90. The molecule has 0 N–H and O–H groups in total. The van der Waals surface area contributed by atoms with E-state index in [1.54, 1.807) is 31.3 Å². The Morgan fingerprint density at radius 1 is 1.00 bits per heavy atom. The molecule has 9 heteroatoms. The average molecular weight is 444 g/mol. The third-order valence-corrected chi connectivity index (χ3v) is 6.48. The van der Waals surface area contributed by atoms with Crippen LogP contribution in [-0.4, -0.2) is 31.8 Å². The molecule has 162 valence electrons. The number of methoxy groups -OCH3 is 3. The largest absolute Gasteiger partial charge is 0.493 e. The van der Waals surface area contributed by atoms with E-state index in [4.69, 9.17) is 14.2 Å². The predicted octanol–water partition coefficient (Wildman–Crippen LogP) is 3.81. The van der Waals surface area contributed by atoms with Gasteiger partial charge in [0.1, 0.15) is 11.6 Å². The molecule has 0 spiro atoms. The Labute approximate surface area is 182 Å². The van der Waals surface area contributed by atoms with Gasteiger partial charge in [-0.3, -0.25) is 19.1 Å². The van der Waals surface area contributed by atoms with Crippen LogP contribution in [0.2, 0.25) is 0 Å². The predicted molar refractivity (Wildman–Crippen MR) is 116 cm³/mol. The van der Waals surface area contributed by atoms with E-state index < -0.39 is 0 Å². The van der Waals surface area contributed by atoms with Gasteiger partial charge in [-0.25, -0.2) is 4.39 Å². The summed E-state index contributed by atoms with van der Waals surface area (Å²) in [4.78, 5) is 28.0. The SMILES string of the molecule is COc1cc(N2C(=O)CC(c3ccc(F)cc3)c3sc(=O)n(C)c32)cc(OC)c1OC. The standard InChI is InChI=1S/C22H21FN2O5S/c1-24-21-20(31-22(24)27)15(12-5-7-13(23)8-6-12)11-18(26)25(21)14-9-16(28-2)19(30-4)17(10-14)29-3/h5-10,15H,11H2,1-4H3. The van der Waals surface area contributed by atoms with Gasteiger partial charge < -0.3 is 14.2 Å². The van der Waals surface area contributed by atoms with Crippen LogP contribution in [0, 0.1) is 5.82 Å². The average Bonchev–Trinajstić information content (AvgIpc) is 3.07. The fraction of sp³-hybridized carbons (Fsp3) is 0.273. The summed E-state index contributed by atoms with van der Waals surface area (Å²) in [5.41, 5.74) is 1.27. The lowest BCUT2D eigenvalue weighted by Gasteiger charge is -2.32. The molecule has 0 radical (unpaired) electrons. The van der Waals surface area contributed by atoms with E-state index >= 15 is 0 Å². The Balaban J connectivity index is 1.90. The van der Waals surface area contributed by atoms with Gasteiger partial charge in [0, 0.05) is 31.5 Å². The van der Waals surface area contributed by atoms with E-state index in [0.717, 1.165) is 21.8 Å². The third kappa shape index (κ3) is 3.44. The topological polar surface area (TPSA) is 70.0 Å². The van der Waals surface area contributed by atoms with Crippen LogP contribution in [-0.2, 0) is 11.8 Å². The van der Waals surface area contributed by atoms with Crippen molar-refractivity contribution in [2.45, 2.75) is 12.3 Å². The summed E-state index contributed by atoms with van der Waals surface area (Å²) >= 11 is 1.08. The minimum absolute atomic E-state index is 0.134. The number of aromatic nitrogens is 1. The van der Waals surface area contributed by atoms with Gasteiger partial charge in [-0.05, 0) is 17.7 Å².